The van der Waals surface area contributed by atoms with Gasteiger partial charge in [-0.1, -0.05) is 62.8 Å². The Morgan fingerprint density at radius 3 is 2.59 bits per heavy atom. The Labute approximate surface area is 131 Å². The van der Waals surface area contributed by atoms with Gasteiger partial charge in [0.05, 0.1) is 17.0 Å². The molecule has 22 heavy (non-hydrogen) atoms. The van der Waals surface area contributed by atoms with Crippen LogP contribution in [0.1, 0.15) is 37.6 Å². The van der Waals surface area contributed by atoms with E-state index in [1.165, 1.54) is 0 Å². The minimum atomic E-state index is -0.0629. The molecule has 1 aliphatic rings. The van der Waals surface area contributed by atoms with Crippen molar-refractivity contribution in [1.82, 2.24) is 9.78 Å². The summed E-state index contributed by atoms with van der Waals surface area (Å²) in [6.07, 6.45) is 1.69. The maximum atomic E-state index is 5.39. The van der Waals surface area contributed by atoms with Crippen molar-refractivity contribution in [2.45, 2.75) is 26.2 Å². The van der Waals surface area contributed by atoms with E-state index in [0.717, 1.165) is 33.8 Å². The van der Waals surface area contributed by atoms with E-state index in [2.05, 4.69) is 44.6 Å². The number of rotatable bonds is 3. The van der Waals surface area contributed by atoms with Crippen molar-refractivity contribution in [2.24, 2.45) is 12.2 Å². The van der Waals surface area contributed by atoms with Gasteiger partial charge in [-0.3, -0.25) is 4.68 Å². The summed E-state index contributed by atoms with van der Waals surface area (Å²) >= 11 is 0. The van der Waals surface area contributed by atoms with Crippen molar-refractivity contribution in [2.75, 3.05) is 6.61 Å². The molecule has 0 aliphatic heterocycles. The standard InChI is InChI=1S/C18H21N3O/c1-6-11-22-20-15-12-9-7-8-10-13(12)16-14(15)17(18(2,3)4)19-21(16)5/h6-10H,1,11H2,2-5H3/b20-15+. The first-order chi connectivity index (χ1) is 10.4. The number of hydrogen-bond donors (Lipinski definition) is 0. The van der Waals surface area contributed by atoms with Gasteiger partial charge in [0.25, 0.3) is 0 Å². The molecule has 0 fully saturated rings. The van der Waals surface area contributed by atoms with Gasteiger partial charge in [-0.05, 0) is 0 Å². The Hall–Kier alpha value is -2.36. The molecular formula is C18H21N3O. The second-order valence-corrected chi connectivity index (χ2v) is 6.52. The number of aromatic nitrogens is 2. The maximum absolute atomic E-state index is 5.39. The van der Waals surface area contributed by atoms with Crippen LogP contribution in [0.2, 0.25) is 0 Å². The summed E-state index contributed by atoms with van der Waals surface area (Å²) in [6.45, 7) is 10.6. The SMILES string of the molecule is C=CCO/N=C1\c2ccccc2-c2c1c(C(C)(C)C)nn2C. The molecule has 1 aliphatic carbocycles. The van der Waals surface area contributed by atoms with Gasteiger partial charge in [0, 0.05) is 23.6 Å². The minimum absolute atomic E-state index is 0.0629. The van der Waals surface area contributed by atoms with Gasteiger partial charge in [-0.15, -0.1) is 0 Å². The van der Waals surface area contributed by atoms with E-state index in [4.69, 9.17) is 9.94 Å². The van der Waals surface area contributed by atoms with Crippen LogP contribution in [0.5, 0.6) is 0 Å². The first kappa shape index (κ1) is 14.6. The monoisotopic (exact) mass is 295 g/mol. The number of hydrogen-bond acceptors (Lipinski definition) is 3. The molecule has 0 saturated heterocycles. The number of benzene rings is 1. The zero-order valence-electron chi connectivity index (χ0n) is 13.6. The van der Waals surface area contributed by atoms with Gasteiger partial charge in [-0.25, -0.2) is 0 Å². The molecule has 0 bridgehead atoms. The summed E-state index contributed by atoms with van der Waals surface area (Å²) in [5.41, 5.74) is 6.30. The third-order valence-corrected chi connectivity index (χ3v) is 3.78. The van der Waals surface area contributed by atoms with E-state index in [1.54, 1.807) is 6.08 Å². The first-order valence-corrected chi connectivity index (χ1v) is 7.43. The number of nitrogens with zero attached hydrogens (tertiary/aromatic N) is 3. The number of fused-ring (bicyclic) bond motifs is 3. The molecule has 2 aromatic rings. The van der Waals surface area contributed by atoms with Gasteiger partial charge < -0.3 is 4.84 Å². The smallest absolute Gasteiger partial charge is 0.135 e. The summed E-state index contributed by atoms with van der Waals surface area (Å²) in [5.74, 6) is 0. The number of aryl methyl sites for hydroxylation is 1. The lowest BCUT2D eigenvalue weighted by Gasteiger charge is -2.17. The Kier molecular flexibility index (Phi) is 3.39. The van der Waals surface area contributed by atoms with Crippen LogP contribution >= 0.6 is 0 Å². The highest BCUT2D eigenvalue weighted by atomic mass is 16.6. The quantitative estimate of drug-likeness (QED) is 0.420. The zero-order chi connectivity index (χ0) is 15.9. The van der Waals surface area contributed by atoms with E-state index >= 15 is 0 Å². The van der Waals surface area contributed by atoms with Gasteiger partial charge in [0.2, 0.25) is 0 Å². The second kappa shape index (κ2) is 5.13. The zero-order valence-corrected chi connectivity index (χ0v) is 13.6. The molecule has 0 N–H and O–H groups in total. The topological polar surface area (TPSA) is 39.4 Å². The highest BCUT2D eigenvalue weighted by molar-refractivity contribution is 6.24. The van der Waals surface area contributed by atoms with Crippen LogP contribution in [0.3, 0.4) is 0 Å². The van der Waals surface area contributed by atoms with Crippen molar-refractivity contribution < 1.29 is 4.84 Å². The highest BCUT2D eigenvalue weighted by Crippen LogP contribution is 2.41. The summed E-state index contributed by atoms with van der Waals surface area (Å²) < 4.78 is 1.95. The van der Waals surface area contributed by atoms with Crippen LogP contribution in [0.25, 0.3) is 11.3 Å². The third kappa shape index (κ3) is 2.15. The Morgan fingerprint density at radius 1 is 1.27 bits per heavy atom. The lowest BCUT2D eigenvalue weighted by atomic mass is 9.88. The predicted molar refractivity (Wildman–Crippen MR) is 89.1 cm³/mol. The Bertz CT molecular complexity index is 763. The lowest BCUT2D eigenvalue weighted by molar-refractivity contribution is 0.175. The molecule has 1 aromatic heterocycles. The van der Waals surface area contributed by atoms with Crippen molar-refractivity contribution in [3.63, 3.8) is 0 Å². The first-order valence-electron chi connectivity index (χ1n) is 7.43. The number of oxime groups is 1. The van der Waals surface area contributed by atoms with Crippen LogP contribution in [0.15, 0.2) is 42.1 Å². The van der Waals surface area contributed by atoms with Crippen LogP contribution in [-0.4, -0.2) is 22.1 Å². The van der Waals surface area contributed by atoms with E-state index in [0.29, 0.717) is 6.61 Å². The lowest BCUT2D eigenvalue weighted by Crippen LogP contribution is -2.17. The molecule has 0 amide bonds. The molecule has 114 valence electrons. The largest absolute Gasteiger partial charge is 0.391 e. The van der Waals surface area contributed by atoms with E-state index in [9.17, 15) is 0 Å². The predicted octanol–water partition coefficient (Wildman–Crippen LogP) is 3.65. The molecule has 0 atom stereocenters. The fourth-order valence-electron chi connectivity index (χ4n) is 2.86. The van der Waals surface area contributed by atoms with Gasteiger partial charge >= 0.3 is 0 Å². The molecule has 1 aromatic carbocycles. The normalized spacial score (nSPS) is 14.8. The average Bonchev–Trinajstić information content (AvgIpc) is 2.96. The van der Waals surface area contributed by atoms with Gasteiger partial charge in [0.1, 0.15) is 12.3 Å². The van der Waals surface area contributed by atoms with E-state index in [-0.39, 0.29) is 5.41 Å². The molecule has 1 heterocycles. The van der Waals surface area contributed by atoms with E-state index < -0.39 is 0 Å². The fourth-order valence-corrected chi connectivity index (χ4v) is 2.86. The minimum Gasteiger partial charge on any atom is -0.391 e. The molecule has 4 nitrogen and oxygen atoms in total. The third-order valence-electron chi connectivity index (χ3n) is 3.78. The molecule has 0 radical (unpaired) electrons. The summed E-state index contributed by atoms with van der Waals surface area (Å²) in [6, 6.07) is 8.26. The Morgan fingerprint density at radius 2 is 1.95 bits per heavy atom. The molecule has 3 rings (SSSR count). The molecule has 4 heteroatoms. The molecular weight excluding hydrogens is 274 g/mol. The Balaban J connectivity index is 2.26. The second-order valence-electron chi connectivity index (χ2n) is 6.52. The van der Waals surface area contributed by atoms with Crippen LogP contribution in [0.4, 0.5) is 0 Å². The summed E-state index contributed by atoms with van der Waals surface area (Å²) in [5, 5.41) is 9.12. The van der Waals surface area contributed by atoms with E-state index in [1.807, 2.05) is 23.9 Å². The van der Waals surface area contributed by atoms with Crippen LogP contribution < -0.4 is 0 Å². The van der Waals surface area contributed by atoms with Crippen molar-refractivity contribution in [1.29, 1.82) is 0 Å². The maximum Gasteiger partial charge on any atom is 0.135 e. The van der Waals surface area contributed by atoms with Crippen LogP contribution in [0, 0.1) is 0 Å². The van der Waals surface area contributed by atoms with Gasteiger partial charge in [-0.2, -0.15) is 5.10 Å². The molecule has 0 unspecified atom stereocenters. The van der Waals surface area contributed by atoms with Gasteiger partial charge in [0.15, 0.2) is 0 Å². The highest BCUT2D eigenvalue weighted by Gasteiger charge is 2.36. The fraction of sp³-hybridized carbons (Fsp3) is 0.333. The molecule has 0 spiro atoms. The molecule has 0 saturated carbocycles. The average molecular weight is 295 g/mol. The van der Waals surface area contributed by atoms with Crippen LogP contribution in [-0.2, 0) is 17.3 Å². The van der Waals surface area contributed by atoms with Crippen molar-refractivity contribution in [3.8, 4) is 11.3 Å². The summed E-state index contributed by atoms with van der Waals surface area (Å²) in [7, 11) is 1.98. The summed E-state index contributed by atoms with van der Waals surface area (Å²) in [4.78, 5) is 5.39. The van der Waals surface area contributed by atoms with Crippen molar-refractivity contribution in [3.05, 3.63) is 53.7 Å². The van der Waals surface area contributed by atoms with Crippen molar-refractivity contribution >= 4 is 5.71 Å².